The van der Waals surface area contributed by atoms with Gasteiger partial charge in [0.25, 0.3) is 0 Å². The summed E-state index contributed by atoms with van der Waals surface area (Å²) >= 11 is 0. The van der Waals surface area contributed by atoms with Crippen molar-refractivity contribution >= 4 is 5.78 Å². The largest absolute Gasteiger partial charge is 0.299 e. The molecule has 0 aliphatic heterocycles. The second-order valence-corrected chi connectivity index (χ2v) is 6.30. The first kappa shape index (κ1) is 12.7. The molecule has 0 unspecified atom stereocenters. The van der Waals surface area contributed by atoms with Crippen LogP contribution in [0.25, 0.3) is 0 Å². The molecule has 2 saturated carbocycles. The number of allylic oxidation sites excluding steroid dienone is 5. The lowest BCUT2D eigenvalue weighted by Crippen LogP contribution is -2.32. The van der Waals surface area contributed by atoms with Crippen LogP contribution < -0.4 is 0 Å². The number of ketones is 1. The molecule has 5 atom stereocenters. The highest BCUT2D eigenvalue weighted by molar-refractivity contribution is 5.92. The van der Waals surface area contributed by atoms with Crippen LogP contribution in [-0.2, 0) is 4.79 Å². The molecule has 19 heavy (non-hydrogen) atoms. The van der Waals surface area contributed by atoms with E-state index in [1.54, 1.807) is 0 Å². The highest BCUT2D eigenvalue weighted by Crippen LogP contribution is 2.63. The number of carbonyl (C=O) groups excluding carboxylic acids is 1. The number of hydrogen-bond donors (Lipinski definition) is 0. The molecule has 0 heterocycles. The maximum absolute atomic E-state index is 13.0. The van der Waals surface area contributed by atoms with E-state index in [1.165, 1.54) is 0 Å². The lowest BCUT2D eigenvalue weighted by molar-refractivity contribution is -0.129. The molecule has 3 rings (SSSR count). The van der Waals surface area contributed by atoms with Gasteiger partial charge in [0.15, 0.2) is 0 Å². The van der Waals surface area contributed by atoms with E-state index in [0.717, 1.165) is 19.3 Å². The summed E-state index contributed by atoms with van der Waals surface area (Å²) in [6, 6.07) is 0. The second-order valence-electron chi connectivity index (χ2n) is 6.30. The van der Waals surface area contributed by atoms with Gasteiger partial charge in [-0.25, -0.2) is 0 Å². The molecule has 2 fully saturated rings. The Kier molecular flexibility index (Phi) is 2.88. The van der Waals surface area contributed by atoms with E-state index in [4.69, 9.17) is 0 Å². The third-order valence-electron chi connectivity index (χ3n) is 5.75. The first-order valence-corrected chi connectivity index (χ1v) is 7.26. The minimum Gasteiger partial charge on any atom is -0.299 e. The first-order valence-electron chi connectivity index (χ1n) is 7.26. The summed E-state index contributed by atoms with van der Waals surface area (Å²) in [6.07, 6.45) is 13.2. The Morgan fingerprint density at radius 2 is 1.68 bits per heavy atom. The Labute approximate surface area is 115 Å². The maximum atomic E-state index is 13.0. The number of rotatable bonds is 3. The van der Waals surface area contributed by atoms with Gasteiger partial charge in [0.1, 0.15) is 5.78 Å². The third kappa shape index (κ3) is 1.45. The summed E-state index contributed by atoms with van der Waals surface area (Å²) in [4.78, 5) is 13.0. The van der Waals surface area contributed by atoms with Crippen molar-refractivity contribution < 1.29 is 4.79 Å². The molecular weight excluding hydrogens is 232 g/mol. The van der Waals surface area contributed by atoms with Gasteiger partial charge >= 0.3 is 0 Å². The quantitative estimate of drug-likeness (QED) is 0.697. The molecular formula is C18H22O. The fourth-order valence-electron chi connectivity index (χ4n) is 4.92. The van der Waals surface area contributed by atoms with Crippen molar-refractivity contribution in [3.05, 3.63) is 50.1 Å². The molecule has 100 valence electrons. The molecule has 3 aliphatic carbocycles. The molecule has 0 saturated heterocycles. The first-order chi connectivity index (χ1) is 9.19. The summed E-state index contributed by atoms with van der Waals surface area (Å²) in [5.41, 5.74) is -0.194. The van der Waals surface area contributed by atoms with Gasteiger partial charge in [-0.15, -0.1) is 19.7 Å². The predicted octanol–water partition coefficient (Wildman–Crippen LogP) is 3.95. The van der Waals surface area contributed by atoms with Gasteiger partial charge in [-0.2, -0.15) is 0 Å². The molecule has 1 heteroatoms. The Bertz CT molecular complexity index is 462. The fourth-order valence-corrected chi connectivity index (χ4v) is 4.92. The monoisotopic (exact) mass is 254 g/mol. The van der Waals surface area contributed by atoms with Crippen LogP contribution >= 0.6 is 0 Å². The molecule has 0 aromatic carbocycles. The summed E-state index contributed by atoms with van der Waals surface area (Å²) in [5.74, 6) is 2.05. The number of fused-ring (bicyclic) bond motifs is 1. The van der Waals surface area contributed by atoms with Gasteiger partial charge in [-0.3, -0.25) is 4.79 Å². The smallest absolute Gasteiger partial charge is 0.144 e. The number of Topliss-reactive ketones (excluding diaryl/α,β-unsaturated/α-hetero) is 1. The number of hydrogen-bond acceptors (Lipinski definition) is 1. The number of carbonyl (C=O) groups is 1. The van der Waals surface area contributed by atoms with Crippen molar-refractivity contribution in [1.29, 1.82) is 0 Å². The second kappa shape index (κ2) is 4.33. The zero-order valence-electron chi connectivity index (χ0n) is 11.4. The van der Waals surface area contributed by atoms with Crippen LogP contribution in [0.3, 0.4) is 0 Å². The summed E-state index contributed by atoms with van der Waals surface area (Å²) < 4.78 is 0. The van der Waals surface area contributed by atoms with E-state index in [2.05, 4.69) is 31.9 Å². The average molecular weight is 254 g/mol. The van der Waals surface area contributed by atoms with Gasteiger partial charge in [-0.05, 0) is 42.9 Å². The molecule has 0 radical (unpaired) electrons. The molecule has 0 amide bonds. The van der Waals surface area contributed by atoms with Crippen molar-refractivity contribution in [2.75, 3.05) is 0 Å². The normalized spacial score (nSPS) is 42.5. The highest BCUT2D eigenvalue weighted by atomic mass is 16.1. The summed E-state index contributed by atoms with van der Waals surface area (Å²) in [5, 5.41) is 0. The maximum Gasteiger partial charge on any atom is 0.144 e. The summed E-state index contributed by atoms with van der Waals surface area (Å²) in [6.45, 7) is 12.0. The minimum atomic E-state index is -0.194. The lowest BCUT2D eigenvalue weighted by atomic mass is 9.70. The Morgan fingerprint density at radius 1 is 1.05 bits per heavy atom. The minimum absolute atomic E-state index is 0.142. The molecule has 1 spiro atoms. The Balaban J connectivity index is 2.06. The fraction of sp³-hybridized carbons (Fsp3) is 0.500. The van der Waals surface area contributed by atoms with Crippen LogP contribution in [0.1, 0.15) is 19.3 Å². The predicted molar refractivity (Wildman–Crippen MR) is 78.5 cm³/mol. The van der Waals surface area contributed by atoms with E-state index >= 15 is 0 Å². The summed E-state index contributed by atoms with van der Waals surface area (Å²) in [7, 11) is 0. The zero-order valence-corrected chi connectivity index (χ0v) is 11.4. The van der Waals surface area contributed by atoms with Crippen LogP contribution in [-0.4, -0.2) is 5.78 Å². The topological polar surface area (TPSA) is 17.1 Å². The van der Waals surface area contributed by atoms with Crippen molar-refractivity contribution in [3.63, 3.8) is 0 Å². The van der Waals surface area contributed by atoms with Gasteiger partial charge in [-0.1, -0.05) is 30.4 Å². The SMILES string of the molecule is C=C[C@@H]1C[C@H](C=C)[C@@H]2C(=O)C3(CC=CC3)[C@@H](C=C)[C@@H]21. The third-order valence-corrected chi connectivity index (χ3v) is 5.75. The van der Waals surface area contributed by atoms with Gasteiger partial charge in [0.05, 0.1) is 0 Å². The molecule has 0 aromatic rings. The van der Waals surface area contributed by atoms with Gasteiger partial charge in [0, 0.05) is 11.3 Å². The molecule has 1 nitrogen and oxygen atoms in total. The van der Waals surface area contributed by atoms with Crippen molar-refractivity contribution in [2.45, 2.75) is 19.3 Å². The lowest BCUT2D eigenvalue weighted by Gasteiger charge is -2.31. The van der Waals surface area contributed by atoms with Crippen LogP contribution in [0.15, 0.2) is 50.1 Å². The van der Waals surface area contributed by atoms with E-state index in [9.17, 15) is 4.79 Å². The van der Waals surface area contributed by atoms with E-state index in [0.29, 0.717) is 29.5 Å². The van der Waals surface area contributed by atoms with E-state index in [1.807, 2.05) is 18.2 Å². The standard InChI is InChI=1S/C18H22O/c1-4-12-11-13(5-2)16-15(12)14(6-3)18(17(16)19)9-7-8-10-18/h4-8,12-16H,1-3,9-11H2/t12-,13+,14+,15+,16+/m1/s1. The molecule has 0 aromatic heterocycles. The van der Waals surface area contributed by atoms with Crippen molar-refractivity contribution in [3.8, 4) is 0 Å². The van der Waals surface area contributed by atoms with Crippen LogP contribution in [0.4, 0.5) is 0 Å². The van der Waals surface area contributed by atoms with Gasteiger partial charge in [0.2, 0.25) is 0 Å². The Hall–Kier alpha value is -1.37. The van der Waals surface area contributed by atoms with E-state index in [-0.39, 0.29) is 11.3 Å². The van der Waals surface area contributed by atoms with Crippen LogP contribution in [0, 0.1) is 35.0 Å². The molecule has 0 N–H and O–H groups in total. The van der Waals surface area contributed by atoms with Crippen LogP contribution in [0.5, 0.6) is 0 Å². The van der Waals surface area contributed by atoms with Crippen molar-refractivity contribution in [1.82, 2.24) is 0 Å². The molecule has 3 aliphatic rings. The zero-order chi connectivity index (χ0) is 13.6. The average Bonchev–Trinajstić information content (AvgIpc) is 3.09. The van der Waals surface area contributed by atoms with E-state index < -0.39 is 0 Å². The molecule has 0 bridgehead atoms. The van der Waals surface area contributed by atoms with Crippen LogP contribution in [0.2, 0.25) is 0 Å². The Morgan fingerprint density at radius 3 is 2.21 bits per heavy atom. The van der Waals surface area contributed by atoms with Crippen molar-refractivity contribution in [2.24, 2.45) is 35.0 Å². The van der Waals surface area contributed by atoms with Gasteiger partial charge < -0.3 is 0 Å². The highest BCUT2D eigenvalue weighted by Gasteiger charge is 2.63.